The van der Waals surface area contributed by atoms with Crippen LogP contribution in [-0.4, -0.2) is 91.5 Å². The third-order valence-electron chi connectivity index (χ3n) is 7.52. The first-order valence-corrected chi connectivity index (χ1v) is 15.7. The van der Waals surface area contributed by atoms with Crippen molar-refractivity contribution in [2.24, 2.45) is 0 Å². The smallest absolute Gasteiger partial charge is 0.122 e. The number of aliphatic hydroxyl groups excluding tert-OH is 1. The van der Waals surface area contributed by atoms with E-state index >= 15 is 0 Å². The lowest BCUT2D eigenvalue weighted by Gasteiger charge is -2.20. The number of methoxy groups -OCH3 is 1. The Labute approximate surface area is 267 Å². The molecule has 244 valence electrons. The highest BCUT2D eigenvalue weighted by Crippen LogP contribution is 2.41. The van der Waals surface area contributed by atoms with E-state index in [4.69, 9.17) is 38.3 Å². The lowest BCUT2D eigenvalue weighted by Crippen LogP contribution is -2.12. The van der Waals surface area contributed by atoms with Crippen molar-refractivity contribution in [3.63, 3.8) is 0 Å². The zero-order valence-electron chi connectivity index (χ0n) is 27.2. The molecule has 0 radical (unpaired) electrons. The van der Waals surface area contributed by atoms with E-state index in [0.29, 0.717) is 79.3 Å². The SMILES string of the molecule is COCCOCCOCCOc1ccc(-c2c(COCCOCCOCCO)c3cc(C)ccc3c3ccc(C)cc23)cc1C. The summed E-state index contributed by atoms with van der Waals surface area (Å²) < 4.78 is 39.3. The largest absolute Gasteiger partial charge is 0.491 e. The van der Waals surface area contributed by atoms with Gasteiger partial charge < -0.3 is 38.3 Å². The molecule has 0 spiro atoms. The molecule has 0 fully saturated rings. The lowest BCUT2D eigenvalue weighted by molar-refractivity contribution is 0.00473. The number of aliphatic hydroxyl groups is 1. The highest BCUT2D eigenvalue weighted by atomic mass is 16.6. The number of aryl methyl sites for hydroxylation is 3. The maximum absolute atomic E-state index is 8.84. The predicted octanol–water partition coefficient (Wildman–Crippen LogP) is 6.19. The maximum Gasteiger partial charge on any atom is 0.122 e. The summed E-state index contributed by atoms with van der Waals surface area (Å²) in [6.45, 7) is 12.2. The van der Waals surface area contributed by atoms with Crippen LogP contribution in [0.2, 0.25) is 0 Å². The van der Waals surface area contributed by atoms with Crippen LogP contribution in [-0.2, 0) is 35.0 Å². The second-order valence-corrected chi connectivity index (χ2v) is 11.0. The first-order valence-electron chi connectivity index (χ1n) is 15.7. The van der Waals surface area contributed by atoms with Crippen LogP contribution in [0, 0.1) is 20.8 Å². The number of hydrogen-bond donors (Lipinski definition) is 1. The molecule has 0 aliphatic carbocycles. The van der Waals surface area contributed by atoms with Crippen molar-refractivity contribution >= 4 is 21.5 Å². The van der Waals surface area contributed by atoms with Gasteiger partial charge in [-0.1, -0.05) is 53.6 Å². The fraction of sp³-hybridized carbons (Fsp3) is 0.459. The zero-order chi connectivity index (χ0) is 31.9. The topological polar surface area (TPSA) is 84.8 Å². The number of hydrogen-bond acceptors (Lipinski definition) is 8. The van der Waals surface area contributed by atoms with Gasteiger partial charge in [-0.15, -0.1) is 0 Å². The van der Waals surface area contributed by atoms with E-state index in [-0.39, 0.29) is 6.61 Å². The normalized spacial score (nSPS) is 11.6. The van der Waals surface area contributed by atoms with E-state index in [1.165, 1.54) is 38.2 Å². The molecule has 8 nitrogen and oxygen atoms in total. The summed E-state index contributed by atoms with van der Waals surface area (Å²) in [5.74, 6) is 0.841. The minimum Gasteiger partial charge on any atom is -0.491 e. The van der Waals surface area contributed by atoms with Gasteiger partial charge in [-0.25, -0.2) is 0 Å². The molecular weight excluding hydrogens is 572 g/mol. The van der Waals surface area contributed by atoms with Crippen molar-refractivity contribution in [3.05, 3.63) is 76.9 Å². The summed E-state index contributed by atoms with van der Waals surface area (Å²) in [5.41, 5.74) is 6.93. The highest BCUT2D eigenvalue weighted by Gasteiger charge is 2.18. The van der Waals surface area contributed by atoms with Crippen LogP contribution in [0.3, 0.4) is 0 Å². The van der Waals surface area contributed by atoms with Gasteiger partial charge in [-0.3, -0.25) is 0 Å². The first-order chi connectivity index (χ1) is 22.0. The molecule has 45 heavy (non-hydrogen) atoms. The third-order valence-corrected chi connectivity index (χ3v) is 7.52. The summed E-state index contributed by atoms with van der Waals surface area (Å²) in [4.78, 5) is 0. The van der Waals surface area contributed by atoms with Gasteiger partial charge in [0, 0.05) is 7.11 Å². The van der Waals surface area contributed by atoms with Crippen molar-refractivity contribution in [2.45, 2.75) is 27.4 Å². The molecule has 0 amide bonds. The molecule has 4 aromatic carbocycles. The summed E-state index contributed by atoms with van der Waals surface area (Å²) >= 11 is 0. The molecule has 0 unspecified atom stereocenters. The summed E-state index contributed by atoms with van der Waals surface area (Å²) in [5, 5.41) is 13.7. The van der Waals surface area contributed by atoms with E-state index in [2.05, 4.69) is 75.4 Å². The first kappa shape index (κ1) is 34.8. The molecule has 4 aromatic rings. The number of rotatable bonds is 21. The van der Waals surface area contributed by atoms with Crippen LogP contribution in [0.25, 0.3) is 32.7 Å². The van der Waals surface area contributed by atoms with Crippen LogP contribution in [0.5, 0.6) is 5.75 Å². The molecule has 4 rings (SSSR count). The summed E-state index contributed by atoms with van der Waals surface area (Å²) in [6.07, 6.45) is 0. The Balaban J connectivity index is 1.53. The fourth-order valence-electron chi connectivity index (χ4n) is 5.34. The lowest BCUT2D eigenvalue weighted by atomic mass is 9.86. The average Bonchev–Trinajstić information content (AvgIpc) is 3.03. The standard InChI is InChI=1S/C37H48O8/c1-27-5-8-31-32-9-6-28(2)24-34(32)37(35(33(31)23-27)26-44-20-19-42-16-15-40-12-11-38)30-7-10-36(29(3)25-30)45-22-21-43-18-17-41-14-13-39-4/h5-10,23-25,38H,11-22,26H2,1-4H3. The quantitative estimate of drug-likeness (QED) is 0.0873. The minimum absolute atomic E-state index is 0.0148. The van der Waals surface area contributed by atoms with Crippen LogP contribution in [0.15, 0.2) is 54.6 Å². The number of fused-ring (bicyclic) bond motifs is 3. The van der Waals surface area contributed by atoms with Gasteiger partial charge in [0.25, 0.3) is 0 Å². The molecule has 8 heteroatoms. The van der Waals surface area contributed by atoms with Gasteiger partial charge in [0.1, 0.15) is 12.4 Å². The minimum atomic E-state index is 0.0148. The van der Waals surface area contributed by atoms with E-state index in [1.807, 2.05) is 0 Å². The van der Waals surface area contributed by atoms with Gasteiger partial charge >= 0.3 is 0 Å². The molecule has 0 heterocycles. The van der Waals surface area contributed by atoms with Crippen molar-refractivity contribution in [3.8, 4) is 16.9 Å². The Hall–Kier alpha value is -3.08. The summed E-state index contributed by atoms with van der Waals surface area (Å²) in [7, 11) is 1.66. The van der Waals surface area contributed by atoms with Crippen molar-refractivity contribution in [2.75, 3.05) is 86.4 Å². The van der Waals surface area contributed by atoms with Gasteiger partial charge in [-0.2, -0.15) is 0 Å². The molecule has 0 aliphatic rings. The highest BCUT2D eigenvalue weighted by molar-refractivity contribution is 6.16. The molecule has 1 N–H and O–H groups in total. The Morgan fingerprint density at radius 2 is 1.09 bits per heavy atom. The second-order valence-electron chi connectivity index (χ2n) is 11.0. The van der Waals surface area contributed by atoms with Crippen molar-refractivity contribution < 1.29 is 38.3 Å². The van der Waals surface area contributed by atoms with Gasteiger partial charge in [0.2, 0.25) is 0 Å². The average molecular weight is 621 g/mol. The van der Waals surface area contributed by atoms with Crippen LogP contribution < -0.4 is 4.74 Å². The van der Waals surface area contributed by atoms with Gasteiger partial charge in [0.05, 0.1) is 79.3 Å². The Kier molecular flexibility index (Phi) is 14.5. The Bertz CT molecular complexity index is 1490. The Morgan fingerprint density at radius 3 is 1.71 bits per heavy atom. The maximum atomic E-state index is 8.84. The van der Waals surface area contributed by atoms with E-state index in [0.717, 1.165) is 22.4 Å². The van der Waals surface area contributed by atoms with Crippen LogP contribution in [0.4, 0.5) is 0 Å². The second kappa shape index (κ2) is 18.8. The zero-order valence-corrected chi connectivity index (χ0v) is 27.2. The molecule has 0 saturated carbocycles. The van der Waals surface area contributed by atoms with Gasteiger partial charge in [0.15, 0.2) is 0 Å². The number of ether oxygens (including phenoxy) is 7. The molecule has 0 atom stereocenters. The molecule has 0 saturated heterocycles. The van der Waals surface area contributed by atoms with E-state index in [9.17, 15) is 0 Å². The van der Waals surface area contributed by atoms with Gasteiger partial charge in [-0.05, 0) is 76.7 Å². The number of benzene rings is 4. The molecular formula is C37H48O8. The molecule has 0 aromatic heterocycles. The Morgan fingerprint density at radius 1 is 0.533 bits per heavy atom. The van der Waals surface area contributed by atoms with Crippen molar-refractivity contribution in [1.82, 2.24) is 0 Å². The van der Waals surface area contributed by atoms with E-state index < -0.39 is 0 Å². The van der Waals surface area contributed by atoms with Crippen LogP contribution >= 0.6 is 0 Å². The summed E-state index contributed by atoms with van der Waals surface area (Å²) in [6, 6.07) is 19.8. The molecule has 0 bridgehead atoms. The monoisotopic (exact) mass is 620 g/mol. The fourth-order valence-corrected chi connectivity index (χ4v) is 5.34. The molecule has 0 aliphatic heterocycles. The van der Waals surface area contributed by atoms with Crippen molar-refractivity contribution in [1.29, 1.82) is 0 Å². The van der Waals surface area contributed by atoms with E-state index in [1.54, 1.807) is 7.11 Å². The predicted molar refractivity (Wildman–Crippen MR) is 178 cm³/mol. The third kappa shape index (κ3) is 10.2. The van der Waals surface area contributed by atoms with Crippen LogP contribution in [0.1, 0.15) is 22.3 Å².